The minimum atomic E-state index is -0.562. The molecule has 0 aliphatic carbocycles. The zero-order chi connectivity index (χ0) is 23.5. The summed E-state index contributed by atoms with van der Waals surface area (Å²) in [7, 11) is 1.46. The number of rotatable bonds is 6. The summed E-state index contributed by atoms with van der Waals surface area (Å²) in [6.07, 6.45) is 2.49. The summed E-state index contributed by atoms with van der Waals surface area (Å²) in [5.41, 5.74) is 5.03. The van der Waals surface area contributed by atoms with Crippen molar-refractivity contribution < 1.29 is 19.4 Å². The molecule has 1 fully saturated rings. The Hall–Kier alpha value is -2.99. The van der Waals surface area contributed by atoms with E-state index in [-0.39, 0.29) is 23.7 Å². The Balaban J connectivity index is 1.31. The van der Waals surface area contributed by atoms with Crippen LogP contribution in [0, 0.1) is 18.3 Å². The lowest BCUT2D eigenvalue weighted by atomic mass is 9.93. The first-order valence-corrected chi connectivity index (χ1v) is 11.3. The van der Waals surface area contributed by atoms with Gasteiger partial charge in [0, 0.05) is 37.9 Å². The van der Waals surface area contributed by atoms with E-state index < -0.39 is 6.10 Å². The first kappa shape index (κ1) is 23.2. The number of nitrogens with zero attached hydrogens (tertiary/aromatic N) is 3. The molecule has 3 heterocycles. The van der Waals surface area contributed by atoms with E-state index in [4.69, 9.17) is 14.7 Å². The Bertz CT molecular complexity index is 1070. The molecular formula is C25H30N4O4. The second-order valence-corrected chi connectivity index (χ2v) is 8.75. The van der Waals surface area contributed by atoms with Crippen LogP contribution in [-0.4, -0.2) is 53.7 Å². The van der Waals surface area contributed by atoms with Gasteiger partial charge in [0.25, 0.3) is 5.91 Å². The number of pyridine rings is 1. The molecule has 8 nitrogen and oxygen atoms in total. The van der Waals surface area contributed by atoms with Crippen LogP contribution in [0.15, 0.2) is 24.4 Å². The fourth-order valence-electron chi connectivity index (χ4n) is 4.70. The molecule has 174 valence electrons. The highest BCUT2D eigenvalue weighted by molar-refractivity contribution is 5.93. The lowest BCUT2D eigenvalue weighted by Gasteiger charge is -2.33. The number of piperidine rings is 1. The molecular weight excluding hydrogens is 420 g/mol. The number of fused-ring (bicyclic) bond motifs is 1. The lowest BCUT2D eigenvalue weighted by Crippen LogP contribution is -2.45. The normalized spacial score (nSPS) is 19.5. The van der Waals surface area contributed by atoms with Crippen LogP contribution in [0.25, 0.3) is 0 Å². The molecule has 1 saturated heterocycles. The molecule has 0 spiro atoms. The number of amides is 1. The molecule has 2 N–H and O–H groups in total. The number of aromatic nitrogens is 1. The van der Waals surface area contributed by atoms with Gasteiger partial charge in [0.15, 0.2) is 0 Å². The van der Waals surface area contributed by atoms with Crippen molar-refractivity contribution in [3.05, 3.63) is 57.9 Å². The number of benzene rings is 1. The third kappa shape index (κ3) is 4.86. The van der Waals surface area contributed by atoms with Crippen LogP contribution in [0.4, 0.5) is 0 Å². The first-order valence-electron chi connectivity index (χ1n) is 11.3. The lowest BCUT2D eigenvalue weighted by molar-refractivity contribution is 0.0790. The van der Waals surface area contributed by atoms with Crippen molar-refractivity contribution in [2.75, 3.05) is 26.7 Å². The summed E-state index contributed by atoms with van der Waals surface area (Å²) < 4.78 is 10.9. The van der Waals surface area contributed by atoms with Gasteiger partial charge in [-0.3, -0.25) is 4.79 Å². The van der Waals surface area contributed by atoms with Crippen molar-refractivity contribution in [2.24, 2.45) is 0 Å². The Morgan fingerprint density at radius 3 is 2.88 bits per heavy atom. The number of hydrogen-bond acceptors (Lipinski definition) is 7. The van der Waals surface area contributed by atoms with Crippen molar-refractivity contribution in [3.8, 4) is 11.8 Å². The molecule has 4 rings (SSSR count). The van der Waals surface area contributed by atoms with Gasteiger partial charge in [0.05, 0.1) is 25.9 Å². The highest BCUT2D eigenvalue weighted by Crippen LogP contribution is 2.35. The van der Waals surface area contributed by atoms with E-state index in [9.17, 15) is 9.90 Å². The first-order chi connectivity index (χ1) is 15.9. The molecule has 0 radical (unpaired) electrons. The van der Waals surface area contributed by atoms with Gasteiger partial charge in [-0.25, -0.2) is 4.98 Å². The summed E-state index contributed by atoms with van der Waals surface area (Å²) >= 11 is 0. The van der Waals surface area contributed by atoms with Gasteiger partial charge >= 0.3 is 0 Å². The van der Waals surface area contributed by atoms with E-state index in [1.165, 1.54) is 30.5 Å². The number of β-amino-alcohol motifs (C(OH)–C–C–N with tert-alkyl or cyclic N) is 1. The molecule has 2 aromatic rings. The minimum absolute atomic E-state index is 0.0368. The maximum atomic E-state index is 12.6. The predicted octanol–water partition coefficient (Wildman–Crippen LogP) is 2.79. The highest BCUT2D eigenvalue weighted by Gasteiger charge is 2.27. The third-order valence-electron chi connectivity index (χ3n) is 6.74. The molecule has 2 aliphatic rings. The van der Waals surface area contributed by atoms with Crippen molar-refractivity contribution in [1.29, 1.82) is 5.26 Å². The second-order valence-electron chi connectivity index (χ2n) is 8.75. The molecule has 2 unspecified atom stereocenters. The van der Waals surface area contributed by atoms with E-state index in [0.29, 0.717) is 24.5 Å². The number of methoxy groups -OCH3 is 1. The maximum absolute atomic E-state index is 12.6. The largest absolute Gasteiger partial charge is 0.495 e. The fourth-order valence-corrected chi connectivity index (χ4v) is 4.70. The molecule has 0 bridgehead atoms. The molecule has 33 heavy (non-hydrogen) atoms. The smallest absolute Gasteiger partial charge is 0.270 e. The minimum Gasteiger partial charge on any atom is -0.495 e. The number of carbonyl (C=O) groups excluding carboxylic acids is 1. The Morgan fingerprint density at radius 1 is 1.42 bits per heavy atom. The van der Waals surface area contributed by atoms with Crippen LogP contribution in [0.1, 0.15) is 70.3 Å². The zero-order valence-corrected chi connectivity index (χ0v) is 19.3. The number of ether oxygens (including phenoxy) is 2. The van der Waals surface area contributed by atoms with Gasteiger partial charge in [0.1, 0.15) is 23.1 Å². The number of carbonyl (C=O) groups is 1. The average Bonchev–Trinajstić information content (AvgIpc) is 3.21. The fraction of sp³-hybridized carbons (Fsp3) is 0.480. The number of likely N-dealkylation sites (tertiary alicyclic amines) is 1. The van der Waals surface area contributed by atoms with Gasteiger partial charge in [-0.15, -0.1) is 0 Å². The molecule has 1 aromatic heterocycles. The van der Waals surface area contributed by atoms with E-state index >= 15 is 0 Å². The monoisotopic (exact) mass is 450 g/mol. The number of nitriles is 1. The van der Waals surface area contributed by atoms with Crippen LogP contribution in [0.3, 0.4) is 0 Å². The predicted molar refractivity (Wildman–Crippen MR) is 122 cm³/mol. The summed E-state index contributed by atoms with van der Waals surface area (Å²) in [6.45, 7) is 6.86. The Kier molecular flexibility index (Phi) is 6.94. The summed E-state index contributed by atoms with van der Waals surface area (Å²) in [5.74, 6) is 0.0609. The number of hydrogen-bond donors (Lipinski definition) is 2. The maximum Gasteiger partial charge on any atom is 0.270 e. The van der Waals surface area contributed by atoms with Gasteiger partial charge in [-0.05, 0) is 48.9 Å². The van der Waals surface area contributed by atoms with Crippen LogP contribution < -0.4 is 10.1 Å². The molecule has 2 atom stereocenters. The van der Waals surface area contributed by atoms with Gasteiger partial charge in [-0.2, -0.15) is 5.26 Å². The molecule has 0 saturated carbocycles. The van der Waals surface area contributed by atoms with Crippen LogP contribution >= 0.6 is 0 Å². The third-order valence-corrected chi connectivity index (χ3v) is 6.74. The quantitative estimate of drug-likeness (QED) is 0.697. The van der Waals surface area contributed by atoms with Crippen LogP contribution in [0.2, 0.25) is 0 Å². The Labute approximate surface area is 194 Å². The van der Waals surface area contributed by atoms with Crippen LogP contribution in [0.5, 0.6) is 5.75 Å². The van der Waals surface area contributed by atoms with Crippen molar-refractivity contribution in [3.63, 3.8) is 0 Å². The topological polar surface area (TPSA) is 108 Å². The van der Waals surface area contributed by atoms with Gasteiger partial charge in [-0.1, -0.05) is 12.1 Å². The summed E-state index contributed by atoms with van der Waals surface area (Å²) in [6, 6.07) is 7.62. The van der Waals surface area contributed by atoms with E-state index in [1.807, 2.05) is 12.1 Å². The van der Waals surface area contributed by atoms with Gasteiger partial charge in [0.2, 0.25) is 0 Å². The number of nitrogens with one attached hydrogen (secondary N) is 1. The van der Waals surface area contributed by atoms with E-state index in [0.717, 1.165) is 37.1 Å². The molecule has 1 amide bonds. The van der Waals surface area contributed by atoms with Crippen molar-refractivity contribution in [2.45, 2.75) is 51.5 Å². The molecule has 8 heteroatoms. The SMILES string of the molecule is COc1cc(C(=O)NC2CCN(CC(O)c3ccc4c(c3C)COC4C)CC2)ncc1C#N. The molecule has 2 aliphatic heterocycles. The zero-order valence-electron chi connectivity index (χ0n) is 19.3. The van der Waals surface area contributed by atoms with Crippen molar-refractivity contribution in [1.82, 2.24) is 15.2 Å². The standard InChI is InChI=1S/C25H30N4O4/c1-15-19(4-5-20-16(2)33-14-21(15)20)23(30)13-29-8-6-18(7-9-29)28-25(31)22-10-24(32-3)17(11-26)12-27-22/h4-5,10,12,16,18,23,30H,6-9,13-14H2,1-3H3,(H,28,31). The summed E-state index contributed by atoms with van der Waals surface area (Å²) in [5, 5.41) is 23.0. The molecule has 1 aromatic carbocycles. The van der Waals surface area contributed by atoms with Crippen LogP contribution in [-0.2, 0) is 11.3 Å². The number of aliphatic hydroxyl groups is 1. The van der Waals surface area contributed by atoms with Crippen molar-refractivity contribution >= 4 is 5.91 Å². The van der Waals surface area contributed by atoms with E-state index in [2.05, 4.69) is 35.1 Å². The second kappa shape index (κ2) is 9.87. The Morgan fingerprint density at radius 2 is 2.18 bits per heavy atom. The average molecular weight is 451 g/mol. The van der Waals surface area contributed by atoms with Gasteiger partial charge < -0.3 is 24.8 Å². The van der Waals surface area contributed by atoms with E-state index in [1.54, 1.807) is 0 Å². The summed E-state index contributed by atoms with van der Waals surface area (Å²) in [4.78, 5) is 18.9. The number of aliphatic hydroxyl groups excluding tert-OH is 1. The highest BCUT2D eigenvalue weighted by atomic mass is 16.5.